The van der Waals surface area contributed by atoms with E-state index in [0.717, 1.165) is 84.8 Å². The molecule has 596 valence electrons. The van der Waals surface area contributed by atoms with Crippen molar-refractivity contribution in [3.05, 3.63) is 429 Å². The Balaban J connectivity index is 0.471. The lowest BCUT2D eigenvalue weighted by molar-refractivity contribution is 0.306. The topological polar surface area (TPSA) is 63.8 Å². The number of nitrogens with one attached hydrogen (secondary N) is 3. The normalized spacial score (nSPS) is 14.4. The summed E-state index contributed by atoms with van der Waals surface area (Å²) in [4.78, 5) is 0. The van der Waals surface area contributed by atoms with Gasteiger partial charge in [-0.3, -0.25) is 0 Å². The van der Waals surface area contributed by atoms with E-state index in [9.17, 15) is 0 Å². The zero-order chi connectivity index (χ0) is 81.3. The third kappa shape index (κ3) is 15.3. The van der Waals surface area contributed by atoms with Crippen LogP contribution in [-0.4, -0.2) is 0 Å². The molecular formula is C116H99N3O3. The second kappa shape index (κ2) is 33.5. The zero-order valence-electron chi connectivity index (χ0n) is 69.4. The number of fused-ring (bicyclic) bond motifs is 9. The fraction of sp³-hybridized carbons (Fsp3) is 0.172. The minimum atomic E-state index is -0.563. The summed E-state index contributed by atoms with van der Waals surface area (Å²) in [5.74, 6) is 2.40. The maximum Gasteiger partial charge on any atom is 0.119 e. The van der Waals surface area contributed by atoms with Gasteiger partial charge in [0.15, 0.2) is 0 Å². The number of allylic oxidation sites excluding steroid dienone is 3. The largest absolute Gasteiger partial charge is 0.489 e. The zero-order valence-corrected chi connectivity index (χ0v) is 69.4. The SMILES string of the molecule is CC(c1ccc(OCc2ccc(Nc3ccc(-c4ccc5c(c4)C(=C4CCCCC4)c4ccccc4-5)cc3)cc2)cc1)(c1ccc(OCc2ccc(Nc3ccc(-c4ccc5c(c4)C(=C4CCCCC4)c4ccccc4-5)cc3)cc2)cc1)c1ccc(OCc2ccc(Nc3ccc(-c4ccc5c(c4)C(=C4CCCCC4)c4ccccc4-5)cc3)cc2)cc1. The summed E-state index contributed by atoms with van der Waals surface area (Å²) in [6.07, 6.45) is 18.9. The van der Waals surface area contributed by atoms with Crippen LogP contribution in [0.1, 0.15) is 170 Å². The van der Waals surface area contributed by atoms with E-state index < -0.39 is 5.41 Å². The number of anilines is 6. The van der Waals surface area contributed by atoms with Gasteiger partial charge in [-0.15, -0.1) is 0 Å². The Hall–Kier alpha value is -13.7. The minimum Gasteiger partial charge on any atom is -0.489 e. The quantitative estimate of drug-likeness (QED) is 0.0623. The molecule has 0 spiro atoms. The van der Waals surface area contributed by atoms with E-state index in [1.54, 1.807) is 16.7 Å². The summed E-state index contributed by atoms with van der Waals surface area (Å²) < 4.78 is 19.6. The van der Waals surface area contributed by atoms with Crippen LogP contribution in [0.5, 0.6) is 17.2 Å². The Morgan fingerprint density at radius 3 is 0.689 bits per heavy atom. The predicted molar refractivity (Wildman–Crippen MR) is 506 cm³/mol. The molecule has 0 heterocycles. The average molecular weight is 1580 g/mol. The van der Waals surface area contributed by atoms with Crippen molar-refractivity contribution in [3.63, 3.8) is 0 Å². The van der Waals surface area contributed by atoms with Crippen LogP contribution in [-0.2, 0) is 25.2 Å². The van der Waals surface area contributed by atoms with Crippen molar-refractivity contribution < 1.29 is 14.2 Å². The molecular weight excluding hydrogens is 1480 g/mol. The molecule has 122 heavy (non-hydrogen) atoms. The second-order valence-electron chi connectivity index (χ2n) is 34.3. The van der Waals surface area contributed by atoms with Gasteiger partial charge in [0.1, 0.15) is 37.1 Å². The molecule has 6 aliphatic rings. The lowest BCUT2D eigenvalue weighted by Gasteiger charge is -2.32. The van der Waals surface area contributed by atoms with Gasteiger partial charge in [0.25, 0.3) is 0 Å². The molecule has 6 nitrogen and oxygen atoms in total. The average Bonchev–Trinajstić information content (AvgIpc) is 1.58. The first-order valence-electron chi connectivity index (χ1n) is 44.2. The molecule has 3 N–H and O–H groups in total. The molecule has 6 heteroatoms. The molecule has 3 fully saturated rings. The highest BCUT2D eigenvalue weighted by molar-refractivity contribution is 6.06. The summed E-state index contributed by atoms with van der Waals surface area (Å²) in [7, 11) is 0. The van der Waals surface area contributed by atoms with E-state index in [1.165, 1.54) is 213 Å². The van der Waals surface area contributed by atoms with Gasteiger partial charge in [-0.2, -0.15) is 0 Å². The van der Waals surface area contributed by atoms with Crippen molar-refractivity contribution in [2.24, 2.45) is 0 Å². The fourth-order valence-electron chi connectivity index (χ4n) is 20.0. The Labute approximate surface area is 718 Å². The van der Waals surface area contributed by atoms with Crippen LogP contribution >= 0.6 is 0 Å². The van der Waals surface area contributed by atoms with Crippen molar-refractivity contribution >= 4 is 50.8 Å². The predicted octanol–water partition coefficient (Wildman–Crippen LogP) is 31.2. The number of rotatable bonds is 21. The Morgan fingerprint density at radius 1 is 0.213 bits per heavy atom. The maximum atomic E-state index is 6.53. The summed E-state index contributed by atoms with van der Waals surface area (Å²) in [6.45, 7) is 3.61. The monoisotopic (exact) mass is 1580 g/mol. The van der Waals surface area contributed by atoms with Crippen LogP contribution in [0.15, 0.2) is 363 Å². The van der Waals surface area contributed by atoms with Crippen LogP contribution in [0.25, 0.3) is 83.5 Å². The first-order valence-corrected chi connectivity index (χ1v) is 44.2. The van der Waals surface area contributed by atoms with Gasteiger partial charge in [-0.1, -0.05) is 254 Å². The van der Waals surface area contributed by atoms with Crippen LogP contribution in [0.4, 0.5) is 34.1 Å². The highest BCUT2D eigenvalue weighted by Gasteiger charge is 2.34. The first kappa shape index (κ1) is 75.8. The number of benzene rings is 15. The van der Waals surface area contributed by atoms with E-state index in [4.69, 9.17) is 14.2 Å². The maximum absolute atomic E-state index is 6.53. The van der Waals surface area contributed by atoms with Crippen LogP contribution < -0.4 is 30.2 Å². The van der Waals surface area contributed by atoms with Crippen molar-refractivity contribution in [1.82, 2.24) is 0 Å². The van der Waals surface area contributed by atoms with Crippen LogP contribution in [0.2, 0.25) is 0 Å². The highest BCUT2D eigenvalue weighted by Crippen LogP contribution is 2.53. The minimum absolute atomic E-state index is 0.434. The molecule has 0 unspecified atom stereocenters. The van der Waals surface area contributed by atoms with Gasteiger partial charge in [0.05, 0.1) is 0 Å². The summed E-state index contributed by atoms with van der Waals surface area (Å²) in [5, 5.41) is 10.9. The molecule has 0 aromatic heterocycles. The van der Waals surface area contributed by atoms with Gasteiger partial charge in [0, 0.05) is 39.5 Å². The molecule has 21 rings (SSSR count). The molecule has 0 aliphatic heterocycles. The van der Waals surface area contributed by atoms with Gasteiger partial charge in [-0.25, -0.2) is 0 Å². The van der Waals surface area contributed by atoms with E-state index in [2.05, 4.69) is 369 Å². The van der Waals surface area contributed by atoms with Crippen molar-refractivity contribution in [2.75, 3.05) is 16.0 Å². The molecule has 0 atom stereocenters. The van der Waals surface area contributed by atoms with Gasteiger partial charge >= 0.3 is 0 Å². The third-order valence-corrected chi connectivity index (χ3v) is 26.7. The van der Waals surface area contributed by atoms with E-state index in [1.807, 2.05) is 0 Å². The molecule has 6 aliphatic carbocycles. The Kier molecular flexibility index (Phi) is 20.8. The fourth-order valence-corrected chi connectivity index (χ4v) is 20.0. The van der Waals surface area contributed by atoms with Gasteiger partial charge in [-0.05, 0) is 362 Å². The number of ether oxygens (including phenoxy) is 3. The van der Waals surface area contributed by atoms with E-state index >= 15 is 0 Å². The van der Waals surface area contributed by atoms with Crippen molar-refractivity contribution in [1.29, 1.82) is 0 Å². The molecule has 0 saturated heterocycles. The van der Waals surface area contributed by atoms with Gasteiger partial charge < -0.3 is 30.2 Å². The number of hydrogen-bond acceptors (Lipinski definition) is 6. The second-order valence-corrected chi connectivity index (χ2v) is 34.3. The summed E-state index contributed by atoms with van der Waals surface area (Å²) in [5.41, 5.74) is 45.6. The molecule has 0 radical (unpaired) electrons. The lowest BCUT2D eigenvalue weighted by atomic mass is 9.71. The van der Waals surface area contributed by atoms with Gasteiger partial charge in [0.2, 0.25) is 0 Å². The smallest absolute Gasteiger partial charge is 0.119 e. The van der Waals surface area contributed by atoms with Crippen molar-refractivity contribution in [2.45, 2.75) is 128 Å². The Morgan fingerprint density at radius 2 is 0.434 bits per heavy atom. The van der Waals surface area contributed by atoms with Crippen LogP contribution in [0.3, 0.4) is 0 Å². The Bertz CT molecular complexity index is 5840. The molecule has 15 aromatic rings. The molecule has 15 aromatic carbocycles. The molecule has 0 bridgehead atoms. The first-order chi connectivity index (χ1) is 60.3. The highest BCUT2D eigenvalue weighted by atomic mass is 16.5. The lowest BCUT2D eigenvalue weighted by Crippen LogP contribution is -2.25. The summed E-state index contributed by atoms with van der Waals surface area (Å²) in [6, 6.07) is 126. The van der Waals surface area contributed by atoms with E-state index in [-0.39, 0.29) is 0 Å². The standard InChI is InChI=1S/C116H99N3O3/c1-116(89-44-62-98(63-45-89)120-74-77-29-50-92(51-30-77)117-95-56-35-80(36-57-95)86-41-68-104-101-23-11-14-26-107(101)113(110(104)71-86)83-17-5-2-6-18-83,90-46-64-99(65-47-90)121-75-78-31-52-93(53-32-78)118-96-58-37-81(38-59-96)87-42-69-105-102-24-12-15-27-108(102)114(111(105)72-87)84-19-7-3-8-20-84)91-48-66-100(67-49-91)122-76-79-33-54-94(55-34-79)119-97-60-39-82(40-61-97)88-43-70-106-103-25-13-16-28-109(103)115(112(106)73-88)85-21-9-4-10-22-85/h11-16,23-73,117-119H,2-10,17-22,74-76H2,1H3. The van der Waals surface area contributed by atoms with Crippen molar-refractivity contribution in [3.8, 4) is 84.0 Å². The van der Waals surface area contributed by atoms with E-state index in [0.29, 0.717) is 19.8 Å². The molecule has 3 saturated carbocycles. The van der Waals surface area contributed by atoms with Crippen LogP contribution in [0, 0.1) is 0 Å². The third-order valence-electron chi connectivity index (χ3n) is 26.7. The summed E-state index contributed by atoms with van der Waals surface area (Å²) >= 11 is 0. The molecule has 0 amide bonds. The number of hydrogen-bond donors (Lipinski definition) is 3.